The third kappa shape index (κ3) is 2.35. The summed E-state index contributed by atoms with van der Waals surface area (Å²) in [4.78, 5) is 15.4. The molecule has 0 amide bonds. The van der Waals surface area contributed by atoms with Crippen molar-refractivity contribution in [3.05, 3.63) is 33.9 Å². The van der Waals surface area contributed by atoms with Gasteiger partial charge in [0.15, 0.2) is 11.5 Å². The normalized spacial score (nSPS) is 11.9. The van der Waals surface area contributed by atoms with Crippen molar-refractivity contribution in [2.24, 2.45) is 5.92 Å². The standard InChI is InChI=1S/C11H13F2N3O/c1-6(2)3-7-4-8-14-11(10(12)13)15-16(8)9(17)5-7/h4-6,10H,3H2,1-2H3,(H,14,15). The number of nitrogens with zero attached hydrogens (tertiary/aromatic N) is 2. The quantitative estimate of drug-likeness (QED) is 0.895. The van der Waals surface area contributed by atoms with Crippen molar-refractivity contribution in [1.29, 1.82) is 0 Å². The first-order chi connectivity index (χ1) is 7.97. The van der Waals surface area contributed by atoms with E-state index in [0.717, 1.165) is 16.5 Å². The van der Waals surface area contributed by atoms with Gasteiger partial charge in [0.1, 0.15) is 0 Å². The highest BCUT2D eigenvalue weighted by molar-refractivity contribution is 5.40. The number of fused-ring (bicyclic) bond motifs is 1. The first kappa shape index (κ1) is 11.8. The predicted octanol–water partition coefficient (Wildman–Crippen LogP) is 2.16. The zero-order valence-corrected chi connectivity index (χ0v) is 9.58. The number of hydrogen-bond acceptors (Lipinski definition) is 2. The van der Waals surface area contributed by atoms with Gasteiger partial charge in [0.05, 0.1) is 0 Å². The molecule has 0 unspecified atom stereocenters. The summed E-state index contributed by atoms with van der Waals surface area (Å²) in [5.74, 6) is -0.0887. The number of pyridine rings is 1. The van der Waals surface area contributed by atoms with Crippen LogP contribution in [0.3, 0.4) is 0 Å². The number of hydrogen-bond donors (Lipinski definition) is 1. The molecule has 4 nitrogen and oxygen atoms in total. The summed E-state index contributed by atoms with van der Waals surface area (Å²) in [5, 5.41) is 2.29. The fraction of sp³-hybridized carbons (Fsp3) is 0.455. The highest BCUT2D eigenvalue weighted by atomic mass is 19.3. The van der Waals surface area contributed by atoms with E-state index in [1.165, 1.54) is 6.07 Å². The second-order valence-corrected chi connectivity index (χ2v) is 4.40. The van der Waals surface area contributed by atoms with E-state index in [1.54, 1.807) is 6.07 Å². The minimum absolute atomic E-state index is 0.239. The molecule has 17 heavy (non-hydrogen) atoms. The SMILES string of the molecule is CC(C)Cc1cc(=O)n2[nH]c(C(F)F)nc2c1. The summed E-state index contributed by atoms with van der Waals surface area (Å²) < 4.78 is 25.9. The van der Waals surface area contributed by atoms with Crippen LogP contribution in [0.4, 0.5) is 8.78 Å². The van der Waals surface area contributed by atoms with Gasteiger partial charge in [0.2, 0.25) is 0 Å². The first-order valence-corrected chi connectivity index (χ1v) is 5.37. The van der Waals surface area contributed by atoms with E-state index in [4.69, 9.17) is 0 Å². The van der Waals surface area contributed by atoms with Crippen LogP contribution in [0.15, 0.2) is 16.9 Å². The molecule has 0 radical (unpaired) electrons. The first-order valence-electron chi connectivity index (χ1n) is 5.37. The zero-order valence-electron chi connectivity index (χ0n) is 9.58. The molecule has 0 aliphatic heterocycles. The number of aromatic amines is 1. The molecule has 6 heteroatoms. The van der Waals surface area contributed by atoms with E-state index >= 15 is 0 Å². The Morgan fingerprint density at radius 3 is 2.71 bits per heavy atom. The van der Waals surface area contributed by atoms with Crippen molar-refractivity contribution in [3.63, 3.8) is 0 Å². The Morgan fingerprint density at radius 2 is 2.12 bits per heavy atom. The lowest BCUT2D eigenvalue weighted by Gasteiger charge is -2.03. The van der Waals surface area contributed by atoms with E-state index in [9.17, 15) is 13.6 Å². The number of H-pyrrole nitrogens is 1. The minimum Gasteiger partial charge on any atom is -0.271 e. The Bertz CT molecular complexity index is 586. The third-order valence-corrected chi connectivity index (χ3v) is 2.38. The molecule has 0 saturated heterocycles. The van der Waals surface area contributed by atoms with E-state index < -0.39 is 12.2 Å². The molecule has 0 saturated carbocycles. The molecule has 0 aliphatic rings. The maximum Gasteiger partial charge on any atom is 0.296 e. The highest BCUT2D eigenvalue weighted by Crippen LogP contribution is 2.15. The van der Waals surface area contributed by atoms with Gasteiger partial charge in [0, 0.05) is 6.07 Å². The molecular weight excluding hydrogens is 228 g/mol. The molecule has 0 aliphatic carbocycles. The van der Waals surface area contributed by atoms with Gasteiger partial charge in [-0.05, 0) is 24.0 Å². The van der Waals surface area contributed by atoms with Gasteiger partial charge < -0.3 is 0 Å². The average molecular weight is 241 g/mol. The fourth-order valence-electron chi connectivity index (χ4n) is 1.75. The van der Waals surface area contributed by atoms with Crippen molar-refractivity contribution >= 4 is 5.65 Å². The Labute approximate surface area is 96.3 Å². The van der Waals surface area contributed by atoms with Crippen LogP contribution in [-0.2, 0) is 6.42 Å². The summed E-state index contributed by atoms with van der Waals surface area (Å²) in [6.07, 6.45) is -1.98. The van der Waals surface area contributed by atoms with Crippen molar-refractivity contribution in [2.75, 3.05) is 0 Å². The molecule has 0 fully saturated rings. The predicted molar refractivity (Wildman–Crippen MR) is 59.3 cm³/mol. The number of alkyl halides is 2. The molecule has 92 valence electrons. The number of aromatic nitrogens is 3. The summed E-state index contributed by atoms with van der Waals surface area (Å²) >= 11 is 0. The molecule has 0 aromatic carbocycles. The molecule has 0 atom stereocenters. The Balaban J connectivity index is 2.53. The van der Waals surface area contributed by atoms with Crippen LogP contribution in [0.1, 0.15) is 31.7 Å². The largest absolute Gasteiger partial charge is 0.296 e. The van der Waals surface area contributed by atoms with E-state index in [-0.39, 0.29) is 11.2 Å². The van der Waals surface area contributed by atoms with Crippen molar-refractivity contribution in [2.45, 2.75) is 26.7 Å². The summed E-state index contributed by atoms with van der Waals surface area (Å²) in [6, 6.07) is 3.10. The maximum atomic E-state index is 12.4. The summed E-state index contributed by atoms with van der Waals surface area (Å²) in [7, 11) is 0. The van der Waals surface area contributed by atoms with Crippen molar-refractivity contribution in [1.82, 2.24) is 14.6 Å². The molecule has 2 heterocycles. The van der Waals surface area contributed by atoms with E-state index in [0.29, 0.717) is 5.92 Å². The van der Waals surface area contributed by atoms with Crippen LogP contribution in [-0.4, -0.2) is 14.6 Å². The minimum atomic E-state index is -2.71. The molecule has 0 spiro atoms. The van der Waals surface area contributed by atoms with Gasteiger partial charge in [-0.3, -0.25) is 9.89 Å². The van der Waals surface area contributed by atoms with Crippen LogP contribution in [0.2, 0.25) is 0 Å². The zero-order chi connectivity index (χ0) is 12.6. The monoisotopic (exact) mass is 241 g/mol. The Kier molecular flexibility index (Phi) is 2.95. The average Bonchev–Trinajstić information content (AvgIpc) is 2.60. The van der Waals surface area contributed by atoms with E-state index in [2.05, 4.69) is 10.1 Å². The second-order valence-electron chi connectivity index (χ2n) is 4.40. The number of rotatable bonds is 3. The lowest BCUT2D eigenvalue weighted by molar-refractivity contribution is 0.140. The van der Waals surface area contributed by atoms with Gasteiger partial charge >= 0.3 is 0 Å². The van der Waals surface area contributed by atoms with Gasteiger partial charge in [-0.25, -0.2) is 18.3 Å². The fourth-order valence-corrected chi connectivity index (χ4v) is 1.75. The van der Waals surface area contributed by atoms with Gasteiger partial charge in [-0.15, -0.1) is 0 Å². The highest BCUT2D eigenvalue weighted by Gasteiger charge is 2.14. The van der Waals surface area contributed by atoms with Crippen LogP contribution in [0.5, 0.6) is 0 Å². The van der Waals surface area contributed by atoms with Gasteiger partial charge in [0.25, 0.3) is 12.0 Å². The third-order valence-electron chi connectivity index (χ3n) is 2.38. The van der Waals surface area contributed by atoms with Crippen molar-refractivity contribution in [3.8, 4) is 0 Å². The van der Waals surface area contributed by atoms with Crippen LogP contribution in [0.25, 0.3) is 5.65 Å². The molecular formula is C11H13F2N3O. The molecule has 1 N–H and O–H groups in total. The molecule has 0 bridgehead atoms. The molecule has 2 aromatic rings. The van der Waals surface area contributed by atoms with Crippen molar-refractivity contribution < 1.29 is 8.78 Å². The van der Waals surface area contributed by atoms with Crippen LogP contribution >= 0.6 is 0 Å². The van der Waals surface area contributed by atoms with Gasteiger partial charge in [-0.1, -0.05) is 13.8 Å². The number of halogens is 2. The number of nitrogens with one attached hydrogen (secondary N) is 1. The summed E-state index contributed by atoms with van der Waals surface area (Å²) in [6.45, 7) is 4.05. The summed E-state index contributed by atoms with van der Waals surface area (Å²) in [5.41, 5.74) is 0.693. The second kappa shape index (κ2) is 4.27. The van der Waals surface area contributed by atoms with Crippen LogP contribution < -0.4 is 5.56 Å². The molecule has 2 rings (SSSR count). The Morgan fingerprint density at radius 1 is 1.41 bits per heavy atom. The Hall–Kier alpha value is -1.72. The van der Waals surface area contributed by atoms with Gasteiger partial charge in [-0.2, -0.15) is 0 Å². The van der Waals surface area contributed by atoms with Crippen LogP contribution in [0, 0.1) is 5.92 Å². The molecule has 2 aromatic heterocycles. The topological polar surface area (TPSA) is 50.2 Å². The van der Waals surface area contributed by atoms with E-state index in [1.807, 2.05) is 13.8 Å². The lowest BCUT2D eigenvalue weighted by atomic mass is 10.0. The smallest absolute Gasteiger partial charge is 0.271 e. The lowest BCUT2D eigenvalue weighted by Crippen LogP contribution is -2.14. The maximum absolute atomic E-state index is 12.4.